The zero-order valence-corrected chi connectivity index (χ0v) is 19.0. The maximum atomic E-state index is 14.7. The van der Waals surface area contributed by atoms with Crippen LogP contribution in [0.3, 0.4) is 0 Å². The molecule has 16 heteroatoms. The Balaban J connectivity index is 0.000000623. The number of aryl methyl sites for hydroxylation is 1. The lowest BCUT2D eigenvalue weighted by Gasteiger charge is -2.14. The van der Waals surface area contributed by atoms with Crippen LogP contribution < -0.4 is 4.90 Å². The van der Waals surface area contributed by atoms with E-state index < -0.39 is 32.2 Å². The number of aliphatic hydroxyl groups excluding tert-OH is 1. The first-order chi connectivity index (χ1) is 16.5. The van der Waals surface area contributed by atoms with E-state index in [1.54, 1.807) is 12.1 Å². The van der Waals surface area contributed by atoms with Crippen molar-refractivity contribution >= 4 is 19.6 Å². The quantitative estimate of drug-likeness (QED) is 0.351. The van der Waals surface area contributed by atoms with Crippen molar-refractivity contribution in [3.8, 4) is 22.6 Å². The summed E-state index contributed by atoms with van der Waals surface area (Å²) >= 11 is 0. The third-order valence-electron chi connectivity index (χ3n) is 4.59. The Morgan fingerprint density at radius 3 is 2.51 bits per heavy atom. The lowest BCUT2D eigenvalue weighted by atomic mass is 10.1. The topological polar surface area (TPSA) is 184 Å². The van der Waals surface area contributed by atoms with Gasteiger partial charge >= 0.3 is 13.9 Å². The summed E-state index contributed by atoms with van der Waals surface area (Å²) in [5, 5.41) is 21.1. The molecule has 1 fully saturated rings. The number of rotatable bonds is 6. The molecule has 1 aromatic carbocycles. The van der Waals surface area contributed by atoms with Crippen molar-refractivity contribution in [1.29, 1.82) is 0 Å². The van der Waals surface area contributed by atoms with Gasteiger partial charge in [0, 0.05) is 17.3 Å². The fourth-order valence-electron chi connectivity index (χ4n) is 3.07. The first kappa shape index (κ1) is 26.2. The number of nitrogens with zero attached hydrogens (tertiary/aromatic N) is 6. The lowest BCUT2D eigenvalue weighted by molar-refractivity contribution is -0.0503. The summed E-state index contributed by atoms with van der Waals surface area (Å²) in [5.41, 5.74) is 1.50. The molecule has 4 N–H and O–H groups in total. The van der Waals surface area contributed by atoms with Gasteiger partial charge in [-0.15, -0.1) is 10.2 Å². The Morgan fingerprint density at radius 2 is 1.97 bits per heavy atom. The standard InChI is InChI=1S/C19H18F2N6O3.H3O4P/c1-2-7-27-24-18(23-25-27)15-6-3-11(9-22-15)13-5-4-12(8-14(13)20)26-10-16(17(21)28)30-19(26)29;1-5(2,3)4/h3-6,8-9,16-17,28H,2,7,10H2,1H3;(H3,1,2,3,4). The number of phosphoric acid groups is 1. The van der Waals surface area contributed by atoms with Crippen molar-refractivity contribution in [2.45, 2.75) is 32.4 Å². The number of carbonyl (C=O) groups is 1. The Kier molecular flexibility index (Phi) is 8.19. The van der Waals surface area contributed by atoms with Gasteiger partial charge in [0.1, 0.15) is 11.5 Å². The smallest absolute Gasteiger partial charge is 0.438 e. The van der Waals surface area contributed by atoms with Crippen LogP contribution >= 0.6 is 7.82 Å². The van der Waals surface area contributed by atoms with Crippen LogP contribution in [0.2, 0.25) is 0 Å². The number of hydrogen-bond donors (Lipinski definition) is 4. The molecule has 1 aliphatic heterocycles. The van der Waals surface area contributed by atoms with Crippen LogP contribution in [0, 0.1) is 5.82 Å². The van der Waals surface area contributed by atoms with Crippen molar-refractivity contribution in [2.24, 2.45) is 0 Å². The van der Waals surface area contributed by atoms with Gasteiger partial charge in [-0.3, -0.25) is 9.88 Å². The SMILES string of the molecule is CCCn1nnc(-c2ccc(-c3ccc(N4CC(C(O)F)OC4=O)cc3F)cn2)n1.O=P(O)(O)O. The van der Waals surface area contributed by atoms with Crippen LogP contribution in [0.25, 0.3) is 22.6 Å². The summed E-state index contributed by atoms with van der Waals surface area (Å²) in [6, 6.07) is 7.50. The number of aromatic nitrogens is 5. The zero-order valence-electron chi connectivity index (χ0n) is 18.1. The second-order valence-corrected chi connectivity index (χ2v) is 8.25. The average Bonchev–Trinajstić information content (AvgIpc) is 3.40. The van der Waals surface area contributed by atoms with Gasteiger partial charge in [-0.2, -0.15) is 4.80 Å². The third-order valence-corrected chi connectivity index (χ3v) is 4.59. The lowest BCUT2D eigenvalue weighted by Crippen LogP contribution is -2.28. The van der Waals surface area contributed by atoms with Gasteiger partial charge < -0.3 is 24.5 Å². The Morgan fingerprint density at radius 1 is 1.26 bits per heavy atom. The minimum atomic E-state index is -4.64. The normalized spacial score (nSPS) is 16.5. The van der Waals surface area contributed by atoms with E-state index in [1.807, 2.05) is 6.92 Å². The van der Waals surface area contributed by atoms with Gasteiger partial charge in [-0.25, -0.2) is 18.1 Å². The Hall–Kier alpha value is -3.36. The summed E-state index contributed by atoms with van der Waals surface area (Å²) in [6.45, 7) is 2.45. The number of anilines is 1. The van der Waals surface area contributed by atoms with Gasteiger partial charge in [0.25, 0.3) is 0 Å². The first-order valence-electron chi connectivity index (χ1n) is 10.1. The second-order valence-electron chi connectivity index (χ2n) is 7.22. The number of aliphatic hydroxyl groups is 1. The van der Waals surface area contributed by atoms with Gasteiger partial charge in [-0.1, -0.05) is 13.0 Å². The van der Waals surface area contributed by atoms with Crippen molar-refractivity contribution < 1.29 is 42.7 Å². The van der Waals surface area contributed by atoms with Crippen LogP contribution in [0.5, 0.6) is 0 Å². The zero-order chi connectivity index (χ0) is 25.8. The molecular weight excluding hydrogens is 493 g/mol. The van der Waals surface area contributed by atoms with E-state index in [2.05, 4.69) is 20.4 Å². The number of amides is 1. The third kappa shape index (κ3) is 7.07. The fourth-order valence-corrected chi connectivity index (χ4v) is 3.07. The van der Waals surface area contributed by atoms with Crippen molar-refractivity contribution in [3.05, 3.63) is 42.3 Å². The molecule has 1 saturated heterocycles. The second kappa shape index (κ2) is 10.9. The molecule has 0 aliphatic carbocycles. The van der Waals surface area contributed by atoms with Crippen LogP contribution in [-0.2, 0) is 15.8 Å². The van der Waals surface area contributed by atoms with E-state index in [0.29, 0.717) is 23.6 Å². The summed E-state index contributed by atoms with van der Waals surface area (Å²) in [6.07, 6.45) is -2.08. The van der Waals surface area contributed by atoms with Gasteiger partial charge in [0.2, 0.25) is 12.2 Å². The van der Waals surface area contributed by atoms with E-state index in [4.69, 9.17) is 29.1 Å². The molecule has 1 aliphatic rings. The predicted molar refractivity (Wildman–Crippen MR) is 116 cm³/mol. The van der Waals surface area contributed by atoms with Crippen LogP contribution in [0.1, 0.15) is 13.3 Å². The maximum absolute atomic E-state index is 14.7. The summed E-state index contributed by atoms with van der Waals surface area (Å²) < 4.78 is 41.3. The summed E-state index contributed by atoms with van der Waals surface area (Å²) in [5.74, 6) is -0.214. The molecule has 2 atom stereocenters. The van der Waals surface area contributed by atoms with Crippen molar-refractivity contribution in [2.75, 3.05) is 11.4 Å². The minimum Gasteiger partial charge on any atom is -0.438 e. The van der Waals surface area contributed by atoms with Gasteiger partial charge in [0.15, 0.2) is 6.10 Å². The number of carbonyl (C=O) groups excluding carboxylic acids is 1. The fraction of sp³-hybridized carbons (Fsp3) is 0.316. The Bertz CT molecular complexity index is 1210. The van der Waals surface area contributed by atoms with Crippen molar-refractivity contribution in [3.63, 3.8) is 0 Å². The summed E-state index contributed by atoms with van der Waals surface area (Å²) in [4.78, 5) is 40.2. The van der Waals surface area contributed by atoms with E-state index in [1.165, 1.54) is 23.1 Å². The minimum absolute atomic E-state index is 0.200. The Labute approximate surface area is 196 Å². The van der Waals surface area contributed by atoms with E-state index in [0.717, 1.165) is 17.4 Å². The molecule has 4 rings (SSSR count). The molecule has 1 amide bonds. The van der Waals surface area contributed by atoms with Gasteiger partial charge in [-0.05, 0) is 35.9 Å². The number of halogens is 2. The molecule has 2 aromatic heterocycles. The molecule has 0 bridgehead atoms. The first-order valence-corrected chi connectivity index (χ1v) is 11.7. The van der Waals surface area contributed by atoms with Crippen molar-refractivity contribution in [1.82, 2.24) is 25.2 Å². The predicted octanol–water partition coefficient (Wildman–Crippen LogP) is 1.64. The highest BCUT2D eigenvalue weighted by Crippen LogP contribution is 2.30. The van der Waals surface area contributed by atoms with E-state index in [-0.39, 0.29) is 17.8 Å². The largest absolute Gasteiger partial charge is 0.466 e. The van der Waals surface area contributed by atoms with Gasteiger partial charge in [0.05, 0.1) is 18.8 Å². The molecule has 3 heterocycles. The number of cyclic esters (lactones) is 1. The number of alkyl halides is 1. The molecule has 0 radical (unpaired) electrons. The highest BCUT2D eigenvalue weighted by Gasteiger charge is 2.37. The molecule has 2 unspecified atom stereocenters. The monoisotopic (exact) mass is 514 g/mol. The van der Waals surface area contributed by atoms with E-state index >= 15 is 0 Å². The number of hydrogen-bond acceptors (Lipinski definition) is 8. The van der Waals surface area contributed by atoms with Crippen LogP contribution in [0.15, 0.2) is 36.5 Å². The number of tetrazole rings is 1. The highest BCUT2D eigenvalue weighted by molar-refractivity contribution is 7.45. The van der Waals surface area contributed by atoms with Crippen LogP contribution in [0.4, 0.5) is 19.3 Å². The van der Waals surface area contributed by atoms with Crippen LogP contribution in [-0.4, -0.2) is 70.1 Å². The molecule has 188 valence electrons. The molecular formula is C19H21F2N6O7P. The number of benzene rings is 1. The summed E-state index contributed by atoms with van der Waals surface area (Å²) in [7, 11) is -4.64. The van der Waals surface area contributed by atoms with E-state index in [9.17, 15) is 13.6 Å². The molecule has 0 saturated carbocycles. The molecule has 3 aromatic rings. The molecule has 35 heavy (non-hydrogen) atoms. The highest BCUT2D eigenvalue weighted by atomic mass is 31.2. The number of pyridine rings is 1. The average molecular weight is 514 g/mol. The molecule has 0 spiro atoms. The molecule has 13 nitrogen and oxygen atoms in total. The maximum Gasteiger partial charge on any atom is 0.466 e. The number of ether oxygens (including phenoxy) is 1.